The summed E-state index contributed by atoms with van der Waals surface area (Å²) in [6, 6.07) is 1.32. The molecule has 1 heterocycles. The van der Waals surface area contributed by atoms with Gasteiger partial charge in [0, 0.05) is 20.2 Å². The number of carbonyl (C=O) groups excluding carboxylic acids is 2. The lowest BCUT2D eigenvalue weighted by Crippen LogP contribution is -2.21. The van der Waals surface area contributed by atoms with Crippen molar-refractivity contribution in [3.63, 3.8) is 0 Å². The van der Waals surface area contributed by atoms with Crippen molar-refractivity contribution in [2.75, 3.05) is 14.1 Å². The molecule has 2 amide bonds. The predicted molar refractivity (Wildman–Crippen MR) is 45.2 cm³/mol. The third-order valence-corrected chi connectivity index (χ3v) is 1.50. The molecule has 5 heteroatoms. The Kier molecular flexibility index (Phi) is 2.36. The van der Waals surface area contributed by atoms with Crippen LogP contribution in [0.1, 0.15) is 20.9 Å². The summed E-state index contributed by atoms with van der Waals surface area (Å²) in [4.78, 5) is 23.3. The highest BCUT2D eigenvalue weighted by molar-refractivity contribution is 5.97. The number of primary amides is 1. The fourth-order valence-electron chi connectivity index (χ4n) is 0.836. The maximum Gasteiger partial charge on any atom is 0.284 e. The lowest BCUT2D eigenvalue weighted by Gasteiger charge is -2.06. The highest BCUT2D eigenvalue weighted by Crippen LogP contribution is 2.08. The number of hydrogen-bond donors (Lipinski definition) is 1. The Bertz CT molecular complexity index is 341. The second-order valence-corrected chi connectivity index (χ2v) is 2.76. The fourth-order valence-corrected chi connectivity index (χ4v) is 0.836. The van der Waals surface area contributed by atoms with Crippen LogP contribution < -0.4 is 5.73 Å². The van der Waals surface area contributed by atoms with Gasteiger partial charge >= 0.3 is 0 Å². The maximum absolute atomic E-state index is 11.3. The number of amides is 2. The molecule has 70 valence electrons. The van der Waals surface area contributed by atoms with Crippen LogP contribution in [0.5, 0.6) is 0 Å². The predicted octanol–water partition coefficient (Wildman–Crippen LogP) is 0.0803. The molecule has 0 atom stereocenters. The molecule has 0 aromatic carbocycles. The molecule has 1 aromatic rings. The number of furan rings is 1. The van der Waals surface area contributed by atoms with Crippen LogP contribution in [-0.4, -0.2) is 30.8 Å². The average molecular weight is 182 g/mol. The van der Waals surface area contributed by atoms with Crippen LogP contribution in [0.3, 0.4) is 0 Å². The first-order valence-corrected chi connectivity index (χ1v) is 3.62. The van der Waals surface area contributed by atoms with Gasteiger partial charge in [-0.2, -0.15) is 0 Å². The van der Waals surface area contributed by atoms with Gasteiger partial charge in [0.15, 0.2) is 5.76 Å². The van der Waals surface area contributed by atoms with Gasteiger partial charge in [-0.15, -0.1) is 0 Å². The molecule has 0 aliphatic heterocycles. The van der Waals surface area contributed by atoms with Crippen molar-refractivity contribution in [3.8, 4) is 0 Å². The summed E-state index contributed by atoms with van der Waals surface area (Å²) in [5, 5.41) is 0. The zero-order valence-electron chi connectivity index (χ0n) is 7.40. The van der Waals surface area contributed by atoms with Gasteiger partial charge in [-0.05, 0) is 0 Å². The Morgan fingerprint density at radius 2 is 2.08 bits per heavy atom. The first kappa shape index (κ1) is 9.31. The SMILES string of the molecule is CN(C)C(=O)c1coc(C(N)=O)c1. The minimum absolute atomic E-state index is 0.00907. The van der Waals surface area contributed by atoms with Gasteiger partial charge in [-0.1, -0.05) is 0 Å². The summed E-state index contributed by atoms with van der Waals surface area (Å²) in [6.45, 7) is 0. The summed E-state index contributed by atoms with van der Waals surface area (Å²) in [7, 11) is 3.22. The minimum Gasteiger partial charge on any atom is -0.458 e. The van der Waals surface area contributed by atoms with Crippen molar-refractivity contribution in [1.29, 1.82) is 0 Å². The van der Waals surface area contributed by atoms with Gasteiger partial charge in [0.25, 0.3) is 11.8 Å². The molecule has 2 N–H and O–H groups in total. The van der Waals surface area contributed by atoms with E-state index in [0.29, 0.717) is 5.56 Å². The van der Waals surface area contributed by atoms with Crippen molar-refractivity contribution in [1.82, 2.24) is 4.90 Å². The molecular formula is C8H10N2O3. The van der Waals surface area contributed by atoms with Crippen LogP contribution in [0.25, 0.3) is 0 Å². The first-order valence-electron chi connectivity index (χ1n) is 3.62. The van der Waals surface area contributed by atoms with Gasteiger partial charge in [0.2, 0.25) is 0 Å². The van der Waals surface area contributed by atoms with Crippen LogP contribution in [0.2, 0.25) is 0 Å². The van der Waals surface area contributed by atoms with E-state index >= 15 is 0 Å². The van der Waals surface area contributed by atoms with E-state index in [2.05, 4.69) is 0 Å². The molecule has 0 radical (unpaired) electrons. The Hall–Kier alpha value is -1.78. The number of hydrogen-bond acceptors (Lipinski definition) is 3. The van der Waals surface area contributed by atoms with Crippen LogP contribution in [0, 0.1) is 0 Å². The highest BCUT2D eigenvalue weighted by Gasteiger charge is 2.13. The van der Waals surface area contributed by atoms with E-state index < -0.39 is 5.91 Å². The summed E-state index contributed by atoms with van der Waals surface area (Å²) < 4.78 is 4.78. The van der Waals surface area contributed by atoms with E-state index in [1.807, 2.05) is 0 Å². The molecule has 1 aromatic heterocycles. The topological polar surface area (TPSA) is 76.5 Å². The fraction of sp³-hybridized carbons (Fsp3) is 0.250. The molecule has 5 nitrogen and oxygen atoms in total. The summed E-state index contributed by atoms with van der Waals surface area (Å²) in [6.07, 6.45) is 1.21. The largest absolute Gasteiger partial charge is 0.458 e. The van der Waals surface area contributed by atoms with E-state index in [0.717, 1.165) is 0 Å². The minimum atomic E-state index is -0.683. The van der Waals surface area contributed by atoms with Gasteiger partial charge in [-0.3, -0.25) is 9.59 Å². The molecule has 0 bridgehead atoms. The van der Waals surface area contributed by atoms with Crippen LogP contribution in [-0.2, 0) is 0 Å². The molecule has 0 unspecified atom stereocenters. The van der Waals surface area contributed by atoms with E-state index in [9.17, 15) is 9.59 Å². The van der Waals surface area contributed by atoms with Gasteiger partial charge in [0.1, 0.15) is 6.26 Å². The molecule has 0 fully saturated rings. The molecule has 0 aliphatic rings. The zero-order valence-corrected chi connectivity index (χ0v) is 7.40. The van der Waals surface area contributed by atoms with Crippen molar-refractivity contribution in [2.45, 2.75) is 0 Å². The van der Waals surface area contributed by atoms with Crippen LogP contribution >= 0.6 is 0 Å². The van der Waals surface area contributed by atoms with Gasteiger partial charge in [0.05, 0.1) is 5.56 Å². The molecule has 13 heavy (non-hydrogen) atoms. The second kappa shape index (κ2) is 3.30. The summed E-state index contributed by atoms with van der Waals surface area (Å²) in [5.41, 5.74) is 5.26. The number of rotatable bonds is 2. The number of carbonyl (C=O) groups is 2. The average Bonchev–Trinajstić information content (AvgIpc) is 2.50. The normalized spacial score (nSPS) is 9.69. The lowest BCUT2D eigenvalue weighted by molar-refractivity contribution is 0.0826. The van der Waals surface area contributed by atoms with Crippen molar-refractivity contribution >= 4 is 11.8 Å². The van der Waals surface area contributed by atoms with E-state index in [1.54, 1.807) is 14.1 Å². The number of nitrogens with two attached hydrogens (primary N) is 1. The molecular weight excluding hydrogens is 172 g/mol. The third kappa shape index (κ3) is 1.87. The summed E-state index contributed by atoms with van der Waals surface area (Å²) in [5.74, 6) is -0.917. The summed E-state index contributed by atoms with van der Waals surface area (Å²) >= 11 is 0. The third-order valence-electron chi connectivity index (χ3n) is 1.50. The Balaban J connectivity index is 2.92. The Labute approximate surface area is 75.1 Å². The Morgan fingerprint density at radius 1 is 1.46 bits per heavy atom. The van der Waals surface area contributed by atoms with Gasteiger partial charge < -0.3 is 15.1 Å². The molecule has 0 aliphatic carbocycles. The maximum atomic E-state index is 11.3. The van der Waals surface area contributed by atoms with Crippen molar-refractivity contribution in [3.05, 3.63) is 23.7 Å². The Morgan fingerprint density at radius 3 is 2.46 bits per heavy atom. The monoisotopic (exact) mass is 182 g/mol. The van der Waals surface area contributed by atoms with Crippen LogP contribution in [0.15, 0.2) is 16.7 Å². The highest BCUT2D eigenvalue weighted by atomic mass is 16.3. The van der Waals surface area contributed by atoms with Crippen molar-refractivity contribution in [2.24, 2.45) is 5.73 Å². The van der Waals surface area contributed by atoms with E-state index in [4.69, 9.17) is 10.2 Å². The molecule has 0 saturated heterocycles. The smallest absolute Gasteiger partial charge is 0.284 e. The van der Waals surface area contributed by atoms with E-state index in [-0.39, 0.29) is 11.7 Å². The van der Waals surface area contributed by atoms with Crippen molar-refractivity contribution < 1.29 is 14.0 Å². The molecule has 0 spiro atoms. The molecule has 0 saturated carbocycles. The molecule has 1 rings (SSSR count). The quantitative estimate of drug-likeness (QED) is 0.703. The number of nitrogens with zero attached hydrogens (tertiary/aromatic N) is 1. The second-order valence-electron chi connectivity index (χ2n) is 2.76. The first-order chi connectivity index (χ1) is 6.02. The van der Waals surface area contributed by atoms with Gasteiger partial charge in [-0.25, -0.2) is 0 Å². The standard InChI is InChI=1S/C8H10N2O3/c1-10(2)8(12)5-3-6(7(9)11)13-4-5/h3-4H,1-2H3,(H2,9,11). The lowest BCUT2D eigenvalue weighted by atomic mass is 10.3. The van der Waals surface area contributed by atoms with Crippen LogP contribution in [0.4, 0.5) is 0 Å². The zero-order chi connectivity index (χ0) is 10.0. The van der Waals surface area contributed by atoms with E-state index in [1.165, 1.54) is 17.2 Å².